The Balaban J connectivity index is 1.79. The molecule has 0 saturated heterocycles. The Labute approximate surface area is 135 Å². The fraction of sp³-hybridized carbons (Fsp3) is 0.529. The number of ether oxygens (including phenoxy) is 2. The number of benzene rings is 1. The van der Waals surface area contributed by atoms with Gasteiger partial charge < -0.3 is 14.8 Å². The fourth-order valence-electron chi connectivity index (χ4n) is 2.68. The van der Waals surface area contributed by atoms with E-state index in [0.29, 0.717) is 5.92 Å². The van der Waals surface area contributed by atoms with E-state index in [4.69, 9.17) is 9.47 Å². The highest BCUT2D eigenvalue weighted by Gasteiger charge is 2.20. The van der Waals surface area contributed by atoms with Gasteiger partial charge in [0.25, 0.3) is 5.91 Å². The molecule has 23 heavy (non-hydrogen) atoms. The molecule has 2 rings (SSSR count). The lowest BCUT2D eigenvalue weighted by atomic mass is 9.87. The monoisotopic (exact) mass is 323 g/mol. The summed E-state index contributed by atoms with van der Waals surface area (Å²) in [6.45, 7) is 1.84. The zero-order valence-electron chi connectivity index (χ0n) is 13.4. The Bertz CT molecular complexity index is 568. The molecule has 0 heterocycles. The molecule has 1 fully saturated rings. The first kappa shape index (κ1) is 17.2. The van der Waals surface area contributed by atoms with Crippen LogP contribution in [0.2, 0.25) is 0 Å². The van der Waals surface area contributed by atoms with Gasteiger partial charge in [0.1, 0.15) is 0 Å². The molecule has 1 N–H and O–H groups in total. The third-order valence-electron chi connectivity index (χ3n) is 4.10. The first-order valence-corrected chi connectivity index (χ1v) is 7.79. The van der Waals surface area contributed by atoms with E-state index >= 15 is 0 Å². The van der Waals surface area contributed by atoms with Crippen molar-refractivity contribution in [1.82, 2.24) is 5.32 Å². The molecule has 6 heteroatoms. The number of methoxy groups -OCH3 is 1. The summed E-state index contributed by atoms with van der Waals surface area (Å²) >= 11 is 0. The summed E-state index contributed by atoms with van der Waals surface area (Å²) in [6, 6.07) is 3.91. The SMILES string of the molecule is COc1ccc(C(=O)OCC(=O)NC2CCC(C)CC2)cc1F. The number of carbonyl (C=O) groups excluding carboxylic acids is 2. The van der Waals surface area contributed by atoms with Gasteiger partial charge in [0.05, 0.1) is 12.7 Å². The molecule has 0 aromatic heterocycles. The fourth-order valence-corrected chi connectivity index (χ4v) is 2.68. The molecule has 1 aromatic carbocycles. The second-order valence-corrected chi connectivity index (χ2v) is 5.95. The Hall–Kier alpha value is -2.11. The average Bonchev–Trinajstić information content (AvgIpc) is 2.54. The predicted octanol–water partition coefficient (Wildman–Crippen LogP) is 2.69. The molecule has 1 saturated carbocycles. The van der Waals surface area contributed by atoms with Crippen LogP contribution in [-0.4, -0.2) is 31.6 Å². The minimum atomic E-state index is -0.737. The van der Waals surface area contributed by atoms with Gasteiger partial charge in [-0.05, 0) is 49.8 Å². The van der Waals surface area contributed by atoms with Crippen LogP contribution in [0.25, 0.3) is 0 Å². The number of amides is 1. The van der Waals surface area contributed by atoms with Crippen molar-refractivity contribution in [2.75, 3.05) is 13.7 Å². The topological polar surface area (TPSA) is 64.6 Å². The van der Waals surface area contributed by atoms with Crippen molar-refractivity contribution < 1.29 is 23.5 Å². The van der Waals surface area contributed by atoms with Gasteiger partial charge >= 0.3 is 5.97 Å². The summed E-state index contributed by atoms with van der Waals surface area (Å²) in [6.07, 6.45) is 4.08. The molecule has 0 spiro atoms. The molecule has 1 amide bonds. The maximum Gasteiger partial charge on any atom is 0.338 e. The van der Waals surface area contributed by atoms with Crippen LogP contribution < -0.4 is 10.1 Å². The van der Waals surface area contributed by atoms with Gasteiger partial charge in [0, 0.05) is 6.04 Å². The van der Waals surface area contributed by atoms with Gasteiger partial charge in [-0.2, -0.15) is 0 Å². The third-order valence-corrected chi connectivity index (χ3v) is 4.10. The number of halogens is 1. The highest BCUT2D eigenvalue weighted by molar-refractivity contribution is 5.91. The highest BCUT2D eigenvalue weighted by Crippen LogP contribution is 2.23. The van der Waals surface area contributed by atoms with Crippen LogP contribution >= 0.6 is 0 Å². The lowest BCUT2D eigenvalue weighted by Crippen LogP contribution is -2.39. The van der Waals surface area contributed by atoms with Gasteiger partial charge in [0.2, 0.25) is 0 Å². The summed E-state index contributed by atoms with van der Waals surface area (Å²) in [5.41, 5.74) is 0.0441. The number of carbonyl (C=O) groups is 2. The smallest absolute Gasteiger partial charge is 0.338 e. The van der Waals surface area contributed by atoms with E-state index < -0.39 is 11.8 Å². The van der Waals surface area contributed by atoms with Crippen molar-refractivity contribution >= 4 is 11.9 Å². The quantitative estimate of drug-likeness (QED) is 0.846. The van der Waals surface area contributed by atoms with Crippen LogP contribution in [0.15, 0.2) is 18.2 Å². The summed E-state index contributed by atoms with van der Waals surface area (Å²) in [7, 11) is 1.34. The van der Waals surface area contributed by atoms with E-state index in [2.05, 4.69) is 12.2 Å². The van der Waals surface area contributed by atoms with Crippen LogP contribution in [0.5, 0.6) is 5.75 Å². The third kappa shape index (κ3) is 4.94. The van der Waals surface area contributed by atoms with E-state index in [1.165, 1.54) is 19.2 Å². The number of hydrogen-bond acceptors (Lipinski definition) is 4. The number of esters is 1. The number of hydrogen-bond donors (Lipinski definition) is 1. The Morgan fingerprint density at radius 2 is 1.96 bits per heavy atom. The molecule has 1 aliphatic rings. The van der Waals surface area contributed by atoms with Gasteiger partial charge in [-0.25, -0.2) is 9.18 Å². The standard InChI is InChI=1S/C17H22FNO4/c1-11-3-6-13(7-4-11)19-16(20)10-23-17(21)12-5-8-15(22-2)14(18)9-12/h5,8-9,11,13H,3-4,6-7,10H2,1-2H3,(H,19,20). The Morgan fingerprint density at radius 1 is 1.26 bits per heavy atom. The lowest BCUT2D eigenvalue weighted by Gasteiger charge is -2.26. The largest absolute Gasteiger partial charge is 0.494 e. The summed E-state index contributed by atoms with van der Waals surface area (Å²) in [5.74, 6) is -0.967. The highest BCUT2D eigenvalue weighted by atomic mass is 19.1. The molecule has 1 aliphatic carbocycles. The van der Waals surface area contributed by atoms with Gasteiger partial charge in [0.15, 0.2) is 18.2 Å². The molecule has 1 aromatic rings. The Kier molecular flexibility index (Phi) is 5.96. The first-order valence-electron chi connectivity index (χ1n) is 7.79. The second-order valence-electron chi connectivity index (χ2n) is 5.95. The van der Waals surface area contributed by atoms with Crippen LogP contribution in [0, 0.1) is 11.7 Å². The normalized spacial score (nSPS) is 20.7. The summed E-state index contributed by atoms with van der Waals surface area (Å²) < 4.78 is 23.2. The van der Waals surface area contributed by atoms with Gasteiger partial charge in [-0.15, -0.1) is 0 Å². The Morgan fingerprint density at radius 3 is 2.57 bits per heavy atom. The number of rotatable bonds is 5. The zero-order valence-corrected chi connectivity index (χ0v) is 13.4. The van der Waals surface area contributed by atoms with Crippen LogP contribution in [0.1, 0.15) is 43.0 Å². The molecular formula is C17H22FNO4. The second kappa shape index (κ2) is 7.94. The minimum Gasteiger partial charge on any atom is -0.494 e. The molecule has 0 radical (unpaired) electrons. The molecular weight excluding hydrogens is 301 g/mol. The van der Waals surface area contributed by atoms with E-state index in [1.54, 1.807) is 0 Å². The van der Waals surface area contributed by atoms with Crippen molar-refractivity contribution in [3.8, 4) is 5.75 Å². The van der Waals surface area contributed by atoms with Crippen LogP contribution in [0.4, 0.5) is 4.39 Å². The molecule has 5 nitrogen and oxygen atoms in total. The van der Waals surface area contributed by atoms with Crippen molar-refractivity contribution in [2.45, 2.75) is 38.6 Å². The summed E-state index contributed by atoms with van der Waals surface area (Å²) in [4.78, 5) is 23.6. The van der Waals surface area contributed by atoms with Crippen molar-refractivity contribution in [3.05, 3.63) is 29.6 Å². The maximum absolute atomic E-state index is 13.5. The molecule has 0 unspecified atom stereocenters. The molecule has 126 valence electrons. The van der Waals surface area contributed by atoms with Gasteiger partial charge in [-0.3, -0.25) is 4.79 Å². The van der Waals surface area contributed by atoms with Crippen molar-refractivity contribution in [3.63, 3.8) is 0 Å². The average molecular weight is 323 g/mol. The van der Waals surface area contributed by atoms with Crippen LogP contribution in [0.3, 0.4) is 0 Å². The maximum atomic E-state index is 13.5. The lowest BCUT2D eigenvalue weighted by molar-refractivity contribution is -0.125. The van der Waals surface area contributed by atoms with Crippen molar-refractivity contribution in [1.29, 1.82) is 0 Å². The van der Waals surface area contributed by atoms with Crippen molar-refractivity contribution in [2.24, 2.45) is 5.92 Å². The van der Waals surface area contributed by atoms with Crippen LogP contribution in [-0.2, 0) is 9.53 Å². The zero-order chi connectivity index (χ0) is 16.8. The van der Waals surface area contributed by atoms with E-state index in [9.17, 15) is 14.0 Å². The molecule has 0 atom stereocenters. The van der Waals surface area contributed by atoms with Gasteiger partial charge in [-0.1, -0.05) is 6.92 Å². The first-order chi connectivity index (χ1) is 11.0. The van der Waals surface area contributed by atoms with E-state index in [1.807, 2.05) is 0 Å². The predicted molar refractivity (Wildman–Crippen MR) is 82.8 cm³/mol. The number of nitrogens with one attached hydrogen (secondary N) is 1. The van der Waals surface area contributed by atoms with E-state index in [-0.39, 0.29) is 29.9 Å². The van der Waals surface area contributed by atoms with E-state index in [0.717, 1.165) is 31.7 Å². The summed E-state index contributed by atoms with van der Waals surface area (Å²) in [5, 5.41) is 2.87. The molecule has 0 aliphatic heterocycles. The minimum absolute atomic E-state index is 0.0441. The molecule has 0 bridgehead atoms.